The predicted octanol–water partition coefficient (Wildman–Crippen LogP) is 4.52. The topological polar surface area (TPSA) is 27.1 Å². The van der Waals surface area contributed by atoms with Crippen LogP contribution in [0, 0.1) is 0 Å². The first-order chi connectivity index (χ1) is 9.47. The average Bonchev–Trinajstić information content (AvgIpc) is 2.80. The predicted molar refractivity (Wildman–Crippen MR) is 71.3 cm³/mol. The first-order valence-electron chi connectivity index (χ1n) is 6.32. The van der Waals surface area contributed by atoms with Crippen LogP contribution in [0.2, 0.25) is 0 Å². The summed E-state index contributed by atoms with van der Waals surface area (Å²) in [6.07, 6.45) is -0.239. The van der Waals surface area contributed by atoms with Gasteiger partial charge in [-0.15, -0.1) is 0 Å². The van der Waals surface area contributed by atoms with E-state index in [0.717, 1.165) is 25.3 Å². The van der Waals surface area contributed by atoms with Crippen LogP contribution < -0.4 is 0 Å². The Balaban J connectivity index is 2.07. The summed E-state index contributed by atoms with van der Waals surface area (Å²) in [7, 11) is 0. The van der Waals surface area contributed by atoms with Gasteiger partial charge in [-0.3, -0.25) is 0 Å². The van der Waals surface area contributed by atoms with Gasteiger partial charge in [0.2, 0.25) is 0 Å². The van der Waals surface area contributed by atoms with Gasteiger partial charge in [0.25, 0.3) is 0 Å². The molecule has 20 heavy (non-hydrogen) atoms. The SMILES string of the molecule is FC(F)(F)c1cc2cnn(C3CCCCO3)c2cc1Br. The monoisotopic (exact) mass is 348 g/mol. The molecule has 2 aromatic rings. The van der Waals surface area contributed by atoms with Crippen molar-refractivity contribution in [2.45, 2.75) is 31.7 Å². The van der Waals surface area contributed by atoms with Crippen molar-refractivity contribution in [2.75, 3.05) is 6.61 Å². The highest BCUT2D eigenvalue weighted by atomic mass is 79.9. The van der Waals surface area contributed by atoms with E-state index in [1.807, 2.05) is 0 Å². The summed E-state index contributed by atoms with van der Waals surface area (Å²) in [6.45, 7) is 0.661. The van der Waals surface area contributed by atoms with E-state index in [1.54, 1.807) is 4.68 Å². The van der Waals surface area contributed by atoms with E-state index in [9.17, 15) is 13.2 Å². The molecule has 1 atom stereocenters. The molecule has 0 N–H and O–H groups in total. The van der Waals surface area contributed by atoms with Gasteiger partial charge in [-0.05, 0) is 31.4 Å². The van der Waals surface area contributed by atoms with Crippen LogP contribution in [-0.2, 0) is 10.9 Å². The number of fused-ring (bicyclic) bond motifs is 1. The molecule has 3 nitrogen and oxygen atoms in total. The van der Waals surface area contributed by atoms with Gasteiger partial charge in [-0.1, -0.05) is 15.9 Å². The van der Waals surface area contributed by atoms with Gasteiger partial charge in [0, 0.05) is 16.5 Å². The fourth-order valence-corrected chi connectivity index (χ4v) is 2.99. The zero-order chi connectivity index (χ0) is 14.3. The second-order valence-corrected chi connectivity index (χ2v) is 5.65. The summed E-state index contributed by atoms with van der Waals surface area (Å²) in [5.41, 5.74) is -0.0362. The Morgan fingerprint density at radius 2 is 2.10 bits per heavy atom. The summed E-state index contributed by atoms with van der Waals surface area (Å²) in [5.74, 6) is 0. The van der Waals surface area contributed by atoms with Crippen molar-refractivity contribution in [3.63, 3.8) is 0 Å². The molecule has 0 bridgehead atoms. The molecule has 3 rings (SSSR count). The smallest absolute Gasteiger partial charge is 0.356 e. The Bertz CT molecular complexity index is 632. The maximum Gasteiger partial charge on any atom is 0.417 e. The molecule has 7 heteroatoms. The van der Waals surface area contributed by atoms with Gasteiger partial charge >= 0.3 is 6.18 Å². The van der Waals surface area contributed by atoms with Crippen LogP contribution >= 0.6 is 15.9 Å². The molecule has 1 fully saturated rings. The average molecular weight is 349 g/mol. The number of nitrogens with zero attached hydrogens (tertiary/aromatic N) is 2. The van der Waals surface area contributed by atoms with Crippen molar-refractivity contribution in [1.29, 1.82) is 0 Å². The molecule has 108 valence electrons. The van der Waals surface area contributed by atoms with E-state index < -0.39 is 11.7 Å². The van der Waals surface area contributed by atoms with Gasteiger partial charge in [0.1, 0.15) is 0 Å². The number of benzene rings is 1. The van der Waals surface area contributed by atoms with Gasteiger partial charge in [-0.25, -0.2) is 4.68 Å². The van der Waals surface area contributed by atoms with Gasteiger partial charge < -0.3 is 4.74 Å². The van der Waals surface area contributed by atoms with Crippen LogP contribution in [0.1, 0.15) is 31.1 Å². The van der Waals surface area contributed by atoms with E-state index in [2.05, 4.69) is 21.0 Å². The van der Waals surface area contributed by atoms with E-state index >= 15 is 0 Å². The molecule has 0 saturated carbocycles. The standard InChI is InChI=1S/C13H12BrF3N2O/c14-10-6-11-8(5-9(10)13(15,16)17)7-18-19(11)12-3-1-2-4-20-12/h5-7,12H,1-4H2. The van der Waals surface area contributed by atoms with Crippen molar-refractivity contribution >= 4 is 26.8 Å². The van der Waals surface area contributed by atoms with E-state index in [-0.39, 0.29) is 10.7 Å². The van der Waals surface area contributed by atoms with Gasteiger partial charge in [0.05, 0.1) is 17.3 Å². The molecule has 2 heterocycles. The van der Waals surface area contributed by atoms with Crippen LogP contribution in [-0.4, -0.2) is 16.4 Å². The van der Waals surface area contributed by atoms with E-state index in [4.69, 9.17) is 4.74 Å². The number of hydrogen-bond donors (Lipinski definition) is 0. The molecule has 0 radical (unpaired) electrons. The Labute approximate surface area is 121 Å². The van der Waals surface area contributed by atoms with Crippen molar-refractivity contribution in [3.8, 4) is 0 Å². The maximum absolute atomic E-state index is 12.9. The molecule has 1 aromatic carbocycles. The van der Waals surface area contributed by atoms with Gasteiger partial charge in [0.15, 0.2) is 6.23 Å². The third-order valence-corrected chi connectivity index (χ3v) is 4.07. The van der Waals surface area contributed by atoms with Crippen molar-refractivity contribution in [2.24, 2.45) is 0 Å². The fraction of sp³-hybridized carbons (Fsp3) is 0.462. The molecule has 0 spiro atoms. The lowest BCUT2D eigenvalue weighted by atomic mass is 10.1. The Morgan fingerprint density at radius 3 is 2.75 bits per heavy atom. The summed E-state index contributed by atoms with van der Waals surface area (Å²) in [6, 6.07) is 2.58. The first-order valence-corrected chi connectivity index (χ1v) is 7.11. The zero-order valence-corrected chi connectivity index (χ0v) is 12.0. The molecule has 1 aromatic heterocycles. The number of alkyl halides is 3. The van der Waals surface area contributed by atoms with E-state index in [0.29, 0.717) is 17.5 Å². The number of hydrogen-bond acceptors (Lipinski definition) is 2. The summed E-state index contributed by atoms with van der Waals surface area (Å²) in [5, 5.41) is 4.65. The Hall–Kier alpha value is -1.08. The van der Waals surface area contributed by atoms with Crippen molar-refractivity contribution in [3.05, 3.63) is 28.4 Å². The lowest BCUT2D eigenvalue weighted by Gasteiger charge is -2.23. The van der Waals surface area contributed by atoms with Crippen LogP contribution in [0.5, 0.6) is 0 Å². The van der Waals surface area contributed by atoms with Crippen molar-refractivity contribution in [1.82, 2.24) is 9.78 Å². The fourth-order valence-electron chi connectivity index (χ4n) is 2.43. The molecule has 0 aliphatic carbocycles. The Morgan fingerprint density at radius 1 is 1.30 bits per heavy atom. The number of ether oxygens (including phenoxy) is 1. The third kappa shape index (κ3) is 2.44. The summed E-state index contributed by atoms with van der Waals surface area (Å²) in [4.78, 5) is 0. The number of halogens is 4. The quantitative estimate of drug-likeness (QED) is 0.757. The van der Waals surface area contributed by atoms with Crippen LogP contribution in [0.15, 0.2) is 22.8 Å². The van der Waals surface area contributed by atoms with Crippen LogP contribution in [0.4, 0.5) is 13.2 Å². The van der Waals surface area contributed by atoms with Crippen LogP contribution in [0.3, 0.4) is 0 Å². The number of rotatable bonds is 1. The number of aromatic nitrogens is 2. The second kappa shape index (κ2) is 5.04. The normalized spacial score (nSPS) is 20.5. The summed E-state index contributed by atoms with van der Waals surface area (Å²) >= 11 is 2.99. The highest BCUT2D eigenvalue weighted by Crippen LogP contribution is 2.38. The van der Waals surface area contributed by atoms with Crippen LogP contribution in [0.25, 0.3) is 10.9 Å². The van der Waals surface area contributed by atoms with Crippen molar-refractivity contribution < 1.29 is 17.9 Å². The lowest BCUT2D eigenvalue weighted by Crippen LogP contribution is -2.19. The third-order valence-electron chi connectivity index (χ3n) is 3.42. The minimum Gasteiger partial charge on any atom is -0.356 e. The maximum atomic E-state index is 12.9. The summed E-state index contributed by atoms with van der Waals surface area (Å²) < 4.78 is 45.9. The lowest BCUT2D eigenvalue weighted by molar-refractivity contribution is -0.138. The molecule has 0 amide bonds. The molecular formula is C13H12BrF3N2O. The largest absolute Gasteiger partial charge is 0.417 e. The highest BCUT2D eigenvalue weighted by Gasteiger charge is 2.33. The molecule has 1 aliphatic rings. The molecule has 1 unspecified atom stereocenters. The first kappa shape index (κ1) is 13.9. The second-order valence-electron chi connectivity index (χ2n) is 4.80. The molecule has 1 saturated heterocycles. The van der Waals surface area contributed by atoms with Gasteiger partial charge in [-0.2, -0.15) is 18.3 Å². The Kier molecular flexibility index (Phi) is 3.50. The molecular weight excluding hydrogens is 337 g/mol. The minimum absolute atomic E-state index is 0.0232. The van der Waals surface area contributed by atoms with E-state index in [1.165, 1.54) is 12.3 Å². The zero-order valence-electron chi connectivity index (χ0n) is 10.5. The minimum atomic E-state index is -4.38. The molecule has 1 aliphatic heterocycles. The highest BCUT2D eigenvalue weighted by molar-refractivity contribution is 9.10.